The third kappa shape index (κ3) is 1.38. The van der Waals surface area contributed by atoms with Gasteiger partial charge < -0.3 is 14.6 Å². The van der Waals surface area contributed by atoms with E-state index in [4.69, 9.17) is 5.11 Å². The maximum absolute atomic E-state index is 10.6. The molecular weight excluding hydrogens is 152 g/mol. The minimum Gasteiger partial charge on any atom is -0.429 e. The second-order valence-electron chi connectivity index (χ2n) is 2.00. The van der Waals surface area contributed by atoms with E-state index in [-0.39, 0.29) is 0 Å². The molecule has 0 fully saturated rings. The van der Waals surface area contributed by atoms with E-state index < -0.39 is 17.7 Å². The number of ether oxygens (including phenoxy) is 2. The molecule has 0 aromatic carbocycles. The number of hydrogen-bond donors (Lipinski definition) is 1. The van der Waals surface area contributed by atoms with Crippen LogP contribution < -0.4 is 0 Å². The van der Waals surface area contributed by atoms with E-state index in [1.54, 1.807) is 0 Å². The fourth-order valence-corrected chi connectivity index (χ4v) is 0.635. The molecule has 0 aromatic heterocycles. The molecule has 0 amide bonds. The highest BCUT2D eigenvalue weighted by Crippen LogP contribution is 2.17. The summed E-state index contributed by atoms with van der Waals surface area (Å²) >= 11 is 0. The van der Waals surface area contributed by atoms with Gasteiger partial charge in [0.05, 0.1) is 6.26 Å². The molecule has 0 radical (unpaired) electrons. The van der Waals surface area contributed by atoms with Crippen molar-refractivity contribution in [3.8, 4) is 0 Å². The van der Waals surface area contributed by atoms with Gasteiger partial charge in [-0.05, 0) is 0 Å². The van der Waals surface area contributed by atoms with Crippen LogP contribution in [0.4, 0.5) is 0 Å². The Labute approximate surface area is 62.2 Å². The van der Waals surface area contributed by atoms with Gasteiger partial charge >= 0.3 is 17.7 Å². The van der Waals surface area contributed by atoms with Crippen molar-refractivity contribution in [2.24, 2.45) is 0 Å². The molecule has 60 valence electrons. The molecule has 1 unspecified atom stereocenters. The zero-order valence-electron chi connectivity index (χ0n) is 5.73. The highest BCUT2D eigenvalue weighted by molar-refractivity contribution is 5.85. The van der Waals surface area contributed by atoms with Crippen LogP contribution in [0.3, 0.4) is 0 Å². The van der Waals surface area contributed by atoms with E-state index in [2.05, 4.69) is 9.47 Å². The molecule has 0 bridgehead atoms. The van der Waals surface area contributed by atoms with Gasteiger partial charge in [0.1, 0.15) is 0 Å². The van der Waals surface area contributed by atoms with Crippen LogP contribution in [0.25, 0.3) is 0 Å². The molecule has 11 heavy (non-hydrogen) atoms. The van der Waals surface area contributed by atoms with Gasteiger partial charge in [0.15, 0.2) is 0 Å². The van der Waals surface area contributed by atoms with E-state index in [0.29, 0.717) is 0 Å². The number of esters is 2. The van der Waals surface area contributed by atoms with Crippen molar-refractivity contribution < 1.29 is 24.2 Å². The van der Waals surface area contributed by atoms with E-state index in [1.807, 2.05) is 0 Å². The minimum absolute atomic E-state index is 0.754. The third-order valence-electron chi connectivity index (χ3n) is 1.06. The Morgan fingerprint density at radius 1 is 1.82 bits per heavy atom. The molecule has 1 atom stereocenters. The van der Waals surface area contributed by atoms with Gasteiger partial charge in [-0.1, -0.05) is 0 Å². The lowest BCUT2D eigenvalue weighted by Gasteiger charge is -2.14. The first-order chi connectivity index (χ1) is 5.04. The Morgan fingerprint density at radius 3 is 2.82 bits per heavy atom. The molecule has 1 N–H and O–H groups in total. The molecule has 0 aromatic rings. The van der Waals surface area contributed by atoms with Crippen molar-refractivity contribution in [2.75, 3.05) is 0 Å². The molecule has 0 saturated carbocycles. The predicted octanol–water partition coefficient (Wildman–Crippen LogP) is -0.691. The van der Waals surface area contributed by atoms with Crippen molar-refractivity contribution in [1.29, 1.82) is 0 Å². The summed E-state index contributed by atoms with van der Waals surface area (Å²) in [6.07, 6.45) is 1.92. The van der Waals surface area contributed by atoms with Crippen LogP contribution in [0.2, 0.25) is 0 Å². The maximum atomic E-state index is 10.6. The van der Waals surface area contributed by atoms with Crippen LogP contribution in [-0.4, -0.2) is 22.8 Å². The second kappa shape index (κ2) is 2.35. The standard InChI is InChI=1S/C6H6O5/c1-4(7)11-6(9)2-3-10-5(6)8/h2-3,9H,1H3. The highest BCUT2D eigenvalue weighted by atomic mass is 16.7. The SMILES string of the molecule is CC(=O)OC1(O)C=COC1=O. The molecule has 1 rings (SSSR count). The zero-order valence-corrected chi connectivity index (χ0v) is 5.73. The van der Waals surface area contributed by atoms with Crippen LogP contribution in [-0.2, 0) is 19.1 Å². The summed E-state index contributed by atoms with van der Waals surface area (Å²) < 4.78 is 8.49. The van der Waals surface area contributed by atoms with Crippen molar-refractivity contribution >= 4 is 11.9 Å². The van der Waals surface area contributed by atoms with Crippen molar-refractivity contribution in [1.82, 2.24) is 0 Å². The molecule has 0 spiro atoms. The lowest BCUT2D eigenvalue weighted by molar-refractivity contribution is -0.202. The second-order valence-corrected chi connectivity index (χ2v) is 2.00. The normalized spacial score (nSPS) is 28.4. The molecule has 1 heterocycles. The van der Waals surface area contributed by atoms with E-state index in [1.165, 1.54) is 0 Å². The molecule has 1 aliphatic heterocycles. The lowest BCUT2D eigenvalue weighted by Crippen LogP contribution is -2.38. The number of hydrogen-bond acceptors (Lipinski definition) is 5. The van der Waals surface area contributed by atoms with Crippen LogP contribution in [0.5, 0.6) is 0 Å². The highest BCUT2D eigenvalue weighted by Gasteiger charge is 2.42. The molecule has 0 aliphatic carbocycles. The van der Waals surface area contributed by atoms with Crippen molar-refractivity contribution in [3.05, 3.63) is 12.3 Å². The Hall–Kier alpha value is -1.36. The summed E-state index contributed by atoms with van der Waals surface area (Å²) in [5, 5.41) is 9.13. The van der Waals surface area contributed by atoms with Gasteiger partial charge in [0.2, 0.25) is 0 Å². The fourth-order valence-electron chi connectivity index (χ4n) is 0.635. The smallest absolute Gasteiger partial charge is 0.389 e. The van der Waals surface area contributed by atoms with Crippen LogP contribution >= 0.6 is 0 Å². The molecular formula is C6H6O5. The minimum atomic E-state index is -2.22. The fraction of sp³-hybridized carbons (Fsp3) is 0.333. The van der Waals surface area contributed by atoms with Gasteiger partial charge in [0.25, 0.3) is 0 Å². The summed E-state index contributed by atoms with van der Waals surface area (Å²) in [5.41, 5.74) is 0. The number of rotatable bonds is 1. The largest absolute Gasteiger partial charge is 0.429 e. The van der Waals surface area contributed by atoms with Crippen LogP contribution in [0.15, 0.2) is 12.3 Å². The zero-order chi connectivity index (χ0) is 8.48. The first kappa shape index (κ1) is 7.74. The van der Waals surface area contributed by atoms with E-state index in [0.717, 1.165) is 19.3 Å². The molecule has 5 nitrogen and oxygen atoms in total. The van der Waals surface area contributed by atoms with Gasteiger partial charge in [-0.3, -0.25) is 4.79 Å². The lowest BCUT2D eigenvalue weighted by atomic mass is 10.3. The summed E-state index contributed by atoms with van der Waals surface area (Å²) in [6, 6.07) is 0. The van der Waals surface area contributed by atoms with Crippen LogP contribution in [0.1, 0.15) is 6.92 Å². The third-order valence-corrected chi connectivity index (χ3v) is 1.06. The number of aliphatic hydroxyl groups is 1. The summed E-state index contributed by atoms with van der Waals surface area (Å²) in [7, 11) is 0. The van der Waals surface area contributed by atoms with E-state index in [9.17, 15) is 9.59 Å². The summed E-state index contributed by atoms with van der Waals surface area (Å²) in [5.74, 6) is -3.98. The summed E-state index contributed by atoms with van der Waals surface area (Å²) in [6.45, 7) is 1.08. The van der Waals surface area contributed by atoms with Gasteiger partial charge in [-0.15, -0.1) is 0 Å². The van der Waals surface area contributed by atoms with Gasteiger partial charge in [0, 0.05) is 13.0 Å². The average Bonchev–Trinajstić information content (AvgIpc) is 2.11. The van der Waals surface area contributed by atoms with E-state index >= 15 is 0 Å². The van der Waals surface area contributed by atoms with Gasteiger partial charge in [-0.25, -0.2) is 4.79 Å². The summed E-state index contributed by atoms with van der Waals surface area (Å²) in [4.78, 5) is 20.9. The Bertz CT molecular complexity index is 231. The van der Waals surface area contributed by atoms with Gasteiger partial charge in [-0.2, -0.15) is 0 Å². The maximum Gasteiger partial charge on any atom is 0.389 e. The number of cyclic esters (lactones) is 1. The Kier molecular flexibility index (Phi) is 1.66. The van der Waals surface area contributed by atoms with Crippen molar-refractivity contribution in [2.45, 2.75) is 12.7 Å². The Balaban J connectivity index is 2.73. The predicted molar refractivity (Wildman–Crippen MR) is 31.9 cm³/mol. The monoisotopic (exact) mass is 158 g/mol. The first-order valence-corrected chi connectivity index (χ1v) is 2.85. The van der Waals surface area contributed by atoms with Crippen LogP contribution in [0, 0.1) is 0 Å². The number of carbonyl (C=O) groups excluding carboxylic acids is 2. The Morgan fingerprint density at radius 2 is 2.45 bits per heavy atom. The topological polar surface area (TPSA) is 72.8 Å². The quantitative estimate of drug-likeness (QED) is 0.404. The first-order valence-electron chi connectivity index (χ1n) is 2.85. The van der Waals surface area contributed by atoms with Crippen molar-refractivity contribution in [3.63, 3.8) is 0 Å². The number of carbonyl (C=O) groups is 2. The molecule has 0 saturated heterocycles. The average molecular weight is 158 g/mol. The molecule has 1 aliphatic rings. The molecule has 5 heteroatoms.